The van der Waals surface area contributed by atoms with Crippen molar-refractivity contribution in [1.82, 2.24) is 5.32 Å². The Kier molecular flexibility index (Phi) is 9.55. The van der Waals surface area contributed by atoms with Crippen molar-refractivity contribution < 1.29 is 38.7 Å². The first-order valence-electron chi connectivity index (χ1n) is 11.1. The summed E-state index contributed by atoms with van der Waals surface area (Å²) in [5.74, 6) is -1.04. The molecule has 1 saturated heterocycles. The molecule has 1 fully saturated rings. The number of carbonyl (C=O) groups excluding carboxylic acids is 2. The number of hydrogen-bond donors (Lipinski definition) is 3. The second-order valence-electron chi connectivity index (χ2n) is 8.07. The molecule has 0 radical (unpaired) electrons. The topological polar surface area (TPSA) is 124 Å². The van der Waals surface area contributed by atoms with Crippen LogP contribution in [0.4, 0.5) is 0 Å². The van der Waals surface area contributed by atoms with E-state index in [2.05, 4.69) is 5.32 Å². The van der Waals surface area contributed by atoms with Crippen LogP contribution in [0.25, 0.3) is 0 Å². The molecule has 1 aliphatic rings. The van der Waals surface area contributed by atoms with Crippen molar-refractivity contribution in [3.05, 3.63) is 71.8 Å². The summed E-state index contributed by atoms with van der Waals surface area (Å²) in [6, 6.07) is 17.5. The lowest BCUT2D eigenvalue weighted by Crippen LogP contribution is -2.66. The molecule has 34 heavy (non-hydrogen) atoms. The Morgan fingerprint density at radius 1 is 1.00 bits per heavy atom. The van der Waals surface area contributed by atoms with E-state index in [0.29, 0.717) is 0 Å². The van der Waals surface area contributed by atoms with Gasteiger partial charge in [0.2, 0.25) is 5.91 Å². The third kappa shape index (κ3) is 7.09. The number of benzene rings is 2. The van der Waals surface area contributed by atoms with Gasteiger partial charge in [-0.1, -0.05) is 60.7 Å². The Labute approximate surface area is 198 Å². The first kappa shape index (κ1) is 25.8. The molecule has 184 valence electrons. The Bertz CT molecular complexity index is 910. The first-order valence-corrected chi connectivity index (χ1v) is 11.1. The highest BCUT2D eigenvalue weighted by Gasteiger charge is 2.48. The second-order valence-corrected chi connectivity index (χ2v) is 8.07. The van der Waals surface area contributed by atoms with Gasteiger partial charge in [0.25, 0.3) is 0 Å². The fraction of sp³-hybridized carbons (Fsp3) is 0.440. The Morgan fingerprint density at radius 3 is 2.15 bits per heavy atom. The average molecular weight is 474 g/mol. The van der Waals surface area contributed by atoms with Crippen molar-refractivity contribution in [2.24, 2.45) is 0 Å². The van der Waals surface area contributed by atoms with E-state index in [4.69, 9.17) is 18.9 Å². The number of amides is 1. The summed E-state index contributed by atoms with van der Waals surface area (Å²) in [6.45, 7) is 2.59. The van der Waals surface area contributed by atoms with Gasteiger partial charge in [0.05, 0.1) is 13.2 Å². The fourth-order valence-corrected chi connectivity index (χ4v) is 3.72. The molecule has 0 aromatic heterocycles. The molecule has 0 spiro atoms. The van der Waals surface area contributed by atoms with Gasteiger partial charge >= 0.3 is 5.97 Å². The van der Waals surface area contributed by atoms with Crippen LogP contribution in [-0.4, -0.2) is 65.4 Å². The van der Waals surface area contributed by atoms with Gasteiger partial charge in [-0.15, -0.1) is 0 Å². The number of rotatable bonds is 10. The first-order chi connectivity index (χ1) is 16.4. The number of ether oxygens (including phenoxy) is 4. The maximum atomic E-state index is 12.6. The van der Waals surface area contributed by atoms with E-state index in [9.17, 15) is 19.8 Å². The van der Waals surface area contributed by atoms with Crippen molar-refractivity contribution in [3.8, 4) is 0 Å². The Hall–Kier alpha value is -2.82. The van der Waals surface area contributed by atoms with Crippen LogP contribution in [-0.2, 0) is 41.8 Å². The minimum Gasteiger partial charge on any atom is -0.459 e. The van der Waals surface area contributed by atoms with Crippen molar-refractivity contribution in [1.29, 1.82) is 0 Å². The summed E-state index contributed by atoms with van der Waals surface area (Å²) in [5, 5.41) is 23.0. The van der Waals surface area contributed by atoms with Crippen LogP contribution in [0.5, 0.6) is 0 Å². The van der Waals surface area contributed by atoms with E-state index >= 15 is 0 Å². The highest BCUT2D eigenvalue weighted by Crippen LogP contribution is 2.27. The van der Waals surface area contributed by atoms with Crippen molar-refractivity contribution >= 4 is 11.9 Å². The molecule has 0 bridgehead atoms. The smallest absolute Gasteiger partial charge is 0.335 e. The number of nitrogens with one attached hydrogen (secondary N) is 1. The molecule has 0 aliphatic carbocycles. The summed E-state index contributed by atoms with van der Waals surface area (Å²) < 4.78 is 22.9. The predicted molar refractivity (Wildman–Crippen MR) is 121 cm³/mol. The molecule has 9 heteroatoms. The molecule has 2 aromatic rings. The zero-order valence-electron chi connectivity index (χ0n) is 19.2. The van der Waals surface area contributed by atoms with Crippen LogP contribution in [0, 0.1) is 0 Å². The lowest BCUT2D eigenvalue weighted by atomic mass is 9.96. The minimum absolute atomic E-state index is 0.0755. The summed E-state index contributed by atoms with van der Waals surface area (Å²) in [4.78, 5) is 24.4. The standard InChI is InChI=1S/C25H31NO8/c1-16(24(29)32-15-19-11-7-4-8-12-19)33-23-21(26-17(2)28)25(30)34-20(13-27)22(23)31-14-18-9-5-3-6-10-18/h3-12,16,20-23,25,27,30H,13-15H2,1-2H3,(H,26,28)/t16?,20-,21-,22-,23-,25-/m1/s1. The zero-order chi connectivity index (χ0) is 24.5. The van der Waals surface area contributed by atoms with Gasteiger partial charge in [-0.2, -0.15) is 0 Å². The average Bonchev–Trinajstić information content (AvgIpc) is 2.84. The normalized spacial score (nSPS) is 25.4. The van der Waals surface area contributed by atoms with E-state index < -0.39 is 55.2 Å². The van der Waals surface area contributed by atoms with Crippen LogP contribution in [0.1, 0.15) is 25.0 Å². The molecule has 2 aromatic carbocycles. The van der Waals surface area contributed by atoms with Gasteiger partial charge in [0.15, 0.2) is 12.4 Å². The number of carbonyl (C=O) groups is 2. The van der Waals surface area contributed by atoms with Gasteiger partial charge in [-0.05, 0) is 18.1 Å². The molecule has 1 unspecified atom stereocenters. The molecule has 1 amide bonds. The molecule has 0 saturated carbocycles. The van der Waals surface area contributed by atoms with Gasteiger partial charge in [-0.25, -0.2) is 4.79 Å². The largest absolute Gasteiger partial charge is 0.459 e. The Balaban J connectivity index is 1.75. The monoisotopic (exact) mass is 473 g/mol. The summed E-state index contributed by atoms with van der Waals surface area (Å²) in [5.41, 5.74) is 1.69. The number of aliphatic hydroxyl groups is 2. The molecule has 3 N–H and O–H groups in total. The molecular weight excluding hydrogens is 442 g/mol. The number of hydrogen-bond acceptors (Lipinski definition) is 8. The van der Waals surface area contributed by atoms with Gasteiger partial charge < -0.3 is 34.5 Å². The molecule has 1 aliphatic heterocycles. The molecule has 9 nitrogen and oxygen atoms in total. The van der Waals surface area contributed by atoms with E-state index in [1.165, 1.54) is 13.8 Å². The van der Waals surface area contributed by atoms with Gasteiger partial charge in [-0.3, -0.25) is 4.79 Å². The highest BCUT2D eigenvalue weighted by molar-refractivity contribution is 5.74. The second kappa shape index (κ2) is 12.6. The van der Waals surface area contributed by atoms with E-state index in [1.807, 2.05) is 60.7 Å². The molecular formula is C25H31NO8. The van der Waals surface area contributed by atoms with Crippen LogP contribution in [0.3, 0.4) is 0 Å². The lowest BCUT2D eigenvalue weighted by Gasteiger charge is -2.45. The third-order valence-electron chi connectivity index (χ3n) is 5.42. The quantitative estimate of drug-likeness (QED) is 0.441. The molecule has 1 heterocycles. The van der Waals surface area contributed by atoms with Gasteiger partial charge in [0.1, 0.15) is 31.0 Å². The maximum absolute atomic E-state index is 12.6. The van der Waals surface area contributed by atoms with Crippen LogP contribution >= 0.6 is 0 Å². The Morgan fingerprint density at radius 2 is 1.59 bits per heavy atom. The SMILES string of the molecule is CC(=O)N[C@@H]1[C@@H](OC(C)C(=O)OCc2ccccc2)[C@H](OCc2ccccc2)[C@@H](CO)O[C@H]1O. The molecule has 6 atom stereocenters. The third-order valence-corrected chi connectivity index (χ3v) is 5.42. The van der Waals surface area contributed by atoms with E-state index in [-0.39, 0.29) is 13.2 Å². The number of esters is 1. The van der Waals surface area contributed by atoms with Crippen molar-refractivity contribution in [2.75, 3.05) is 6.61 Å². The molecule has 3 rings (SSSR count). The van der Waals surface area contributed by atoms with E-state index in [1.54, 1.807) is 0 Å². The highest BCUT2D eigenvalue weighted by atomic mass is 16.7. The van der Waals surface area contributed by atoms with Gasteiger partial charge in [0, 0.05) is 6.92 Å². The summed E-state index contributed by atoms with van der Waals surface area (Å²) in [7, 11) is 0. The maximum Gasteiger partial charge on any atom is 0.335 e. The number of aliphatic hydroxyl groups excluding tert-OH is 2. The minimum atomic E-state index is -1.48. The summed E-state index contributed by atoms with van der Waals surface area (Å²) >= 11 is 0. The van der Waals surface area contributed by atoms with Crippen LogP contribution < -0.4 is 5.32 Å². The fourth-order valence-electron chi connectivity index (χ4n) is 3.72. The lowest BCUT2D eigenvalue weighted by molar-refractivity contribution is -0.278. The zero-order valence-corrected chi connectivity index (χ0v) is 19.2. The van der Waals surface area contributed by atoms with Crippen molar-refractivity contribution in [3.63, 3.8) is 0 Å². The predicted octanol–water partition coefficient (Wildman–Crippen LogP) is 1.30. The van der Waals surface area contributed by atoms with Crippen LogP contribution in [0.15, 0.2) is 60.7 Å². The van der Waals surface area contributed by atoms with Crippen LogP contribution in [0.2, 0.25) is 0 Å². The van der Waals surface area contributed by atoms with E-state index in [0.717, 1.165) is 11.1 Å². The summed E-state index contributed by atoms with van der Waals surface area (Å²) in [6.07, 6.45) is -5.36. The van der Waals surface area contributed by atoms with Crippen molar-refractivity contribution in [2.45, 2.75) is 63.8 Å².